The van der Waals surface area contributed by atoms with Crippen molar-refractivity contribution in [1.82, 2.24) is 4.90 Å². The van der Waals surface area contributed by atoms with Crippen LogP contribution in [0.3, 0.4) is 0 Å². The Morgan fingerprint density at radius 2 is 1.90 bits per heavy atom. The average molecular weight is 354 g/mol. The van der Waals surface area contributed by atoms with Crippen molar-refractivity contribution in [1.29, 1.82) is 0 Å². The number of likely N-dealkylation sites (tertiary alicyclic amines) is 1. The maximum absolute atomic E-state index is 12.6. The number of rotatable bonds is 1. The summed E-state index contributed by atoms with van der Waals surface area (Å²) in [5.74, 6) is -0.433. The van der Waals surface area contributed by atoms with Crippen molar-refractivity contribution in [3.63, 3.8) is 0 Å². The number of imide groups is 1. The quantitative estimate of drug-likeness (QED) is 0.763. The molecule has 1 unspecified atom stereocenters. The summed E-state index contributed by atoms with van der Waals surface area (Å²) < 4.78 is 6.28. The second-order valence-electron chi connectivity index (χ2n) is 6.22. The zero-order chi connectivity index (χ0) is 15.6. The number of hydrogen-bond acceptors (Lipinski definition) is 3. The molecule has 0 spiro atoms. The first-order chi connectivity index (χ1) is 9.78. The third kappa shape index (κ3) is 4.06. The third-order valence-electron chi connectivity index (χ3n) is 3.32. The second-order valence-corrected chi connectivity index (χ2v) is 7.13. The van der Waals surface area contributed by atoms with Gasteiger partial charge in [0, 0.05) is 11.0 Å². The molecule has 1 saturated heterocycles. The molecule has 0 saturated carbocycles. The normalized spacial score (nSPS) is 19.5. The van der Waals surface area contributed by atoms with E-state index in [1.165, 1.54) is 4.90 Å². The molecule has 0 N–H and O–H groups in total. The van der Waals surface area contributed by atoms with E-state index in [0.29, 0.717) is 6.54 Å². The SMILES string of the molecule is CC(C)(C)OC(=O)N1CCCC(c2ccc(Br)cc2)C1=O. The molecule has 2 amide bonds. The van der Waals surface area contributed by atoms with Crippen LogP contribution in [0, 0.1) is 0 Å². The van der Waals surface area contributed by atoms with Gasteiger partial charge in [0.25, 0.3) is 0 Å². The molecule has 1 aromatic rings. The van der Waals surface area contributed by atoms with Crippen LogP contribution in [0.4, 0.5) is 4.79 Å². The summed E-state index contributed by atoms with van der Waals surface area (Å²) in [5.41, 5.74) is 0.346. The highest BCUT2D eigenvalue weighted by molar-refractivity contribution is 9.10. The molecule has 21 heavy (non-hydrogen) atoms. The molecule has 1 aliphatic heterocycles. The average Bonchev–Trinajstić information content (AvgIpc) is 2.38. The minimum atomic E-state index is -0.595. The predicted octanol–water partition coefficient (Wildman–Crippen LogP) is 4.09. The lowest BCUT2D eigenvalue weighted by Crippen LogP contribution is -2.46. The Hall–Kier alpha value is -1.36. The molecule has 1 fully saturated rings. The molecule has 0 bridgehead atoms. The van der Waals surface area contributed by atoms with Gasteiger partial charge in [-0.1, -0.05) is 28.1 Å². The molecule has 5 heteroatoms. The number of carbonyl (C=O) groups excluding carboxylic acids is 2. The van der Waals surface area contributed by atoms with Crippen molar-refractivity contribution < 1.29 is 14.3 Å². The molecule has 114 valence electrons. The number of halogens is 1. The van der Waals surface area contributed by atoms with Crippen molar-refractivity contribution in [2.75, 3.05) is 6.54 Å². The first kappa shape index (κ1) is 16.0. The summed E-state index contributed by atoms with van der Waals surface area (Å²) in [6, 6.07) is 7.67. The van der Waals surface area contributed by atoms with E-state index in [1.807, 2.05) is 24.3 Å². The van der Waals surface area contributed by atoms with Gasteiger partial charge in [0.15, 0.2) is 0 Å². The highest BCUT2D eigenvalue weighted by Gasteiger charge is 2.35. The van der Waals surface area contributed by atoms with Crippen LogP contribution in [-0.2, 0) is 9.53 Å². The molecule has 1 atom stereocenters. The largest absolute Gasteiger partial charge is 0.443 e. The maximum Gasteiger partial charge on any atom is 0.417 e. The molecule has 0 radical (unpaired) electrons. The number of ether oxygens (including phenoxy) is 1. The number of amides is 2. The number of piperidine rings is 1. The lowest BCUT2D eigenvalue weighted by atomic mass is 9.90. The summed E-state index contributed by atoms with van der Waals surface area (Å²) in [5, 5.41) is 0. The summed E-state index contributed by atoms with van der Waals surface area (Å²) in [6.07, 6.45) is 1.01. The van der Waals surface area contributed by atoms with E-state index in [-0.39, 0.29) is 11.8 Å². The van der Waals surface area contributed by atoms with Gasteiger partial charge in [0.2, 0.25) is 5.91 Å². The van der Waals surface area contributed by atoms with E-state index in [2.05, 4.69) is 15.9 Å². The standard InChI is InChI=1S/C16H20BrNO3/c1-16(2,3)21-15(20)18-10-4-5-13(14(18)19)11-6-8-12(17)9-7-11/h6-9,13H,4-5,10H2,1-3H3. The van der Waals surface area contributed by atoms with Crippen LogP contribution in [0.2, 0.25) is 0 Å². The van der Waals surface area contributed by atoms with Crippen LogP contribution in [0.1, 0.15) is 45.1 Å². The van der Waals surface area contributed by atoms with Crippen molar-refractivity contribution in [2.24, 2.45) is 0 Å². The summed E-state index contributed by atoms with van der Waals surface area (Å²) in [4.78, 5) is 25.9. The molecule has 2 rings (SSSR count). The molecular weight excluding hydrogens is 334 g/mol. The van der Waals surface area contributed by atoms with Gasteiger partial charge in [0.1, 0.15) is 5.60 Å². The lowest BCUT2D eigenvalue weighted by Gasteiger charge is -2.32. The minimum Gasteiger partial charge on any atom is -0.443 e. The fourth-order valence-corrected chi connectivity index (χ4v) is 2.64. The Kier molecular flexibility index (Phi) is 4.71. The van der Waals surface area contributed by atoms with Gasteiger partial charge < -0.3 is 4.74 Å². The third-order valence-corrected chi connectivity index (χ3v) is 3.85. The number of carbonyl (C=O) groups is 2. The van der Waals surface area contributed by atoms with Crippen molar-refractivity contribution in [3.8, 4) is 0 Å². The Morgan fingerprint density at radius 3 is 2.48 bits per heavy atom. The van der Waals surface area contributed by atoms with E-state index >= 15 is 0 Å². The summed E-state index contributed by atoms with van der Waals surface area (Å²) in [7, 11) is 0. The van der Waals surface area contributed by atoms with Crippen molar-refractivity contribution >= 4 is 27.9 Å². The van der Waals surface area contributed by atoms with Gasteiger partial charge in [-0.05, 0) is 51.3 Å². The van der Waals surface area contributed by atoms with Crippen LogP contribution < -0.4 is 0 Å². The van der Waals surface area contributed by atoms with E-state index in [9.17, 15) is 9.59 Å². The van der Waals surface area contributed by atoms with E-state index in [1.54, 1.807) is 20.8 Å². The van der Waals surface area contributed by atoms with Crippen LogP contribution in [0.5, 0.6) is 0 Å². The van der Waals surface area contributed by atoms with E-state index in [4.69, 9.17) is 4.74 Å². The molecule has 1 aromatic carbocycles. The molecule has 4 nitrogen and oxygen atoms in total. The summed E-state index contributed by atoms with van der Waals surface area (Å²) >= 11 is 3.38. The van der Waals surface area contributed by atoms with Crippen LogP contribution >= 0.6 is 15.9 Å². The highest BCUT2D eigenvalue weighted by Crippen LogP contribution is 2.29. The van der Waals surface area contributed by atoms with E-state index in [0.717, 1.165) is 22.9 Å². The summed E-state index contributed by atoms with van der Waals surface area (Å²) in [6.45, 7) is 5.82. The van der Waals surface area contributed by atoms with Gasteiger partial charge in [-0.2, -0.15) is 0 Å². The smallest absolute Gasteiger partial charge is 0.417 e. The maximum atomic E-state index is 12.6. The van der Waals surface area contributed by atoms with Crippen LogP contribution in [0.25, 0.3) is 0 Å². The fourth-order valence-electron chi connectivity index (χ4n) is 2.38. The molecule has 1 aliphatic rings. The highest BCUT2D eigenvalue weighted by atomic mass is 79.9. The van der Waals surface area contributed by atoms with Gasteiger partial charge in [-0.25, -0.2) is 9.69 Å². The Morgan fingerprint density at radius 1 is 1.29 bits per heavy atom. The number of benzene rings is 1. The predicted molar refractivity (Wildman–Crippen MR) is 84.1 cm³/mol. The fraction of sp³-hybridized carbons (Fsp3) is 0.500. The molecule has 1 heterocycles. The zero-order valence-corrected chi connectivity index (χ0v) is 14.1. The van der Waals surface area contributed by atoms with Gasteiger partial charge in [-0.3, -0.25) is 4.79 Å². The Labute approximate surface area is 133 Å². The van der Waals surface area contributed by atoms with Crippen molar-refractivity contribution in [3.05, 3.63) is 34.3 Å². The zero-order valence-electron chi connectivity index (χ0n) is 12.6. The first-order valence-electron chi connectivity index (χ1n) is 7.08. The Balaban J connectivity index is 2.14. The van der Waals surface area contributed by atoms with Crippen LogP contribution in [0.15, 0.2) is 28.7 Å². The van der Waals surface area contributed by atoms with Gasteiger partial charge in [0.05, 0.1) is 5.92 Å². The van der Waals surface area contributed by atoms with E-state index < -0.39 is 11.7 Å². The van der Waals surface area contributed by atoms with Gasteiger partial charge >= 0.3 is 6.09 Å². The monoisotopic (exact) mass is 353 g/mol. The molecular formula is C16H20BrNO3. The number of nitrogens with zero attached hydrogens (tertiary/aromatic N) is 1. The van der Waals surface area contributed by atoms with Crippen LogP contribution in [-0.4, -0.2) is 29.0 Å². The topological polar surface area (TPSA) is 46.6 Å². The number of hydrogen-bond donors (Lipinski definition) is 0. The molecule has 0 aromatic heterocycles. The molecule has 0 aliphatic carbocycles. The first-order valence-corrected chi connectivity index (χ1v) is 7.87. The van der Waals surface area contributed by atoms with Gasteiger partial charge in [-0.15, -0.1) is 0 Å². The minimum absolute atomic E-state index is 0.169. The Bertz CT molecular complexity index is 533. The van der Waals surface area contributed by atoms with Crippen molar-refractivity contribution in [2.45, 2.75) is 45.1 Å². The lowest BCUT2D eigenvalue weighted by molar-refractivity contribution is -0.134. The second kappa shape index (κ2) is 6.18.